The van der Waals surface area contributed by atoms with Crippen LogP contribution in [0.3, 0.4) is 0 Å². The highest BCUT2D eigenvalue weighted by Crippen LogP contribution is 2.30. The molecule has 0 spiro atoms. The molecule has 1 unspecified atom stereocenters. The zero-order valence-corrected chi connectivity index (χ0v) is 14.5. The Morgan fingerprint density at radius 1 is 1.26 bits per heavy atom. The number of hydrogen-bond acceptors (Lipinski definition) is 2. The van der Waals surface area contributed by atoms with E-state index in [-0.39, 0.29) is 6.04 Å². The normalized spacial score (nSPS) is 21.5. The lowest BCUT2D eigenvalue weighted by Crippen LogP contribution is -2.43. The molecule has 3 nitrogen and oxygen atoms in total. The molecule has 0 aliphatic carbocycles. The molecule has 106 valence electrons. The molecule has 1 aromatic rings. The number of hydrogen-bond donors (Lipinski definition) is 0. The fourth-order valence-corrected chi connectivity index (χ4v) is 5.70. The van der Waals surface area contributed by atoms with Crippen LogP contribution in [-0.2, 0) is 10.0 Å². The fraction of sp³-hybridized carbons (Fsp3) is 0.538. The summed E-state index contributed by atoms with van der Waals surface area (Å²) in [5.74, 6) is 0. The highest BCUT2D eigenvalue weighted by molar-refractivity contribution is 9.10. The molecule has 1 heterocycles. The van der Waals surface area contributed by atoms with Crippen LogP contribution >= 0.6 is 31.9 Å². The van der Waals surface area contributed by atoms with Crippen molar-refractivity contribution < 1.29 is 8.42 Å². The standard InChI is InChI=1S/C13H17Br2NO2S/c14-9-8-11-5-3-4-10-16(11)19(17,18)13-7-2-1-6-12(13)15/h1-2,6-7,11H,3-5,8-10H2. The minimum absolute atomic E-state index is 0.116. The minimum atomic E-state index is -3.40. The van der Waals surface area contributed by atoms with Crippen molar-refractivity contribution in [1.82, 2.24) is 4.31 Å². The molecule has 1 atom stereocenters. The van der Waals surface area contributed by atoms with Crippen molar-refractivity contribution in [2.24, 2.45) is 0 Å². The summed E-state index contributed by atoms with van der Waals surface area (Å²) in [6, 6.07) is 7.15. The number of sulfonamides is 1. The van der Waals surface area contributed by atoms with Gasteiger partial charge in [-0.1, -0.05) is 34.5 Å². The molecule has 1 saturated heterocycles. The van der Waals surface area contributed by atoms with Gasteiger partial charge in [0, 0.05) is 22.4 Å². The van der Waals surface area contributed by atoms with E-state index in [9.17, 15) is 8.42 Å². The van der Waals surface area contributed by atoms with E-state index in [2.05, 4.69) is 31.9 Å². The van der Waals surface area contributed by atoms with Crippen LogP contribution in [0, 0.1) is 0 Å². The van der Waals surface area contributed by atoms with E-state index < -0.39 is 10.0 Å². The molecule has 1 aromatic carbocycles. The second-order valence-electron chi connectivity index (χ2n) is 4.67. The Hall–Kier alpha value is 0.0900. The number of piperidine rings is 1. The summed E-state index contributed by atoms with van der Waals surface area (Å²) in [6.07, 6.45) is 3.88. The summed E-state index contributed by atoms with van der Waals surface area (Å²) in [5.41, 5.74) is 0. The lowest BCUT2D eigenvalue weighted by atomic mass is 10.0. The first-order valence-electron chi connectivity index (χ1n) is 6.39. The second-order valence-corrected chi connectivity index (χ2v) is 8.18. The molecular weight excluding hydrogens is 394 g/mol. The van der Waals surface area contributed by atoms with E-state index in [1.807, 2.05) is 6.07 Å². The molecule has 0 saturated carbocycles. The van der Waals surface area contributed by atoms with Gasteiger partial charge < -0.3 is 0 Å². The van der Waals surface area contributed by atoms with Gasteiger partial charge in [-0.3, -0.25) is 0 Å². The number of halogens is 2. The fourth-order valence-electron chi connectivity index (χ4n) is 2.49. The van der Waals surface area contributed by atoms with Gasteiger partial charge >= 0.3 is 0 Å². The molecule has 19 heavy (non-hydrogen) atoms. The average molecular weight is 411 g/mol. The van der Waals surface area contributed by atoms with Gasteiger partial charge in [0.1, 0.15) is 0 Å². The van der Waals surface area contributed by atoms with Gasteiger partial charge in [-0.25, -0.2) is 8.42 Å². The maximum Gasteiger partial charge on any atom is 0.244 e. The maximum absolute atomic E-state index is 12.8. The van der Waals surface area contributed by atoms with Crippen LogP contribution in [0.2, 0.25) is 0 Å². The molecule has 0 radical (unpaired) electrons. The molecule has 1 aliphatic heterocycles. The molecule has 0 amide bonds. The topological polar surface area (TPSA) is 37.4 Å². The highest BCUT2D eigenvalue weighted by atomic mass is 79.9. The van der Waals surface area contributed by atoms with Gasteiger partial charge in [-0.05, 0) is 47.3 Å². The Balaban J connectivity index is 2.35. The minimum Gasteiger partial charge on any atom is -0.207 e. The number of benzene rings is 1. The van der Waals surface area contributed by atoms with E-state index in [0.29, 0.717) is 15.9 Å². The summed E-state index contributed by atoms with van der Waals surface area (Å²) < 4.78 is 27.9. The molecule has 0 aromatic heterocycles. The van der Waals surface area contributed by atoms with Crippen LogP contribution in [0.5, 0.6) is 0 Å². The zero-order valence-electron chi connectivity index (χ0n) is 10.6. The Labute approximate surface area is 131 Å². The van der Waals surface area contributed by atoms with Crippen LogP contribution < -0.4 is 0 Å². The van der Waals surface area contributed by atoms with Crippen LogP contribution in [0.25, 0.3) is 0 Å². The molecular formula is C13H17Br2NO2S. The molecule has 2 rings (SSSR count). The smallest absolute Gasteiger partial charge is 0.207 e. The third-order valence-electron chi connectivity index (χ3n) is 3.44. The molecule has 6 heteroatoms. The summed E-state index contributed by atoms with van der Waals surface area (Å²) in [5, 5.41) is 0.833. The third-order valence-corrected chi connectivity index (χ3v) is 6.86. The van der Waals surface area contributed by atoms with Crippen molar-refractivity contribution in [3.05, 3.63) is 28.7 Å². The molecule has 1 aliphatic rings. The predicted octanol–water partition coefficient (Wildman–Crippen LogP) is 3.78. The van der Waals surface area contributed by atoms with Crippen molar-refractivity contribution in [3.63, 3.8) is 0 Å². The average Bonchev–Trinajstić information content (AvgIpc) is 2.40. The Bertz CT molecular complexity index is 531. The number of rotatable bonds is 4. The van der Waals surface area contributed by atoms with E-state index in [1.54, 1.807) is 22.5 Å². The number of alkyl halides is 1. The molecule has 0 bridgehead atoms. The first kappa shape index (κ1) is 15.5. The Morgan fingerprint density at radius 2 is 2.00 bits per heavy atom. The summed E-state index contributed by atoms with van der Waals surface area (Å²) >= 11 is 6.76. The van der Waals surface area contributed by atoms with Crippen molar-refractivity contribution in [2.75, 3.05) is 11.9 Å². The number of nitrogens with zero attached hydrogens (tertiary/aromatic N) is 1. The molecule has 0 N–H and O–H groups in total. The third kappa shape index (κ3) is 3.40. The van der Waals surface area contributed by atoms with Gasteiger partial charge in [-0.2, -0.15) is 4.31 Å². The van der Waals surface area contributed by atoms with Crippen LogP contribution in [0.15, 0.2) is 33.6 Å². The zero-order chi connectivity index (χ0) is 13.9. The van der Waals surface area contributed by atoms with Crippen LogP contribution in [0.1, 0.15) is 25.7 Å². The monoisotopic (exact) mass is 409 g/mol. The Morgan fingerprint density at radius 3 is 2.68 bits per heavy atom. The first-order valence-corrected chi connectivity index (χ1v) is 9.75. The first-order chi connectivity index (χ1) is 9.07. The van der Waals surface area contributed by atoms with Crippen molar-refractivity contribution >= 4 is 41.9 Å². The van der Waals surface area contributed by atoms with Crippen LogP contribution in [0.4, 0.5) is 0 Å². The summed E-state index contributed by atoms with van der Waals surface area (Å²) in [4.78, 5) is 0.372. The van der Waals surface area contributed by atoms with Crippen molar-refractivity contribution in [1.29, 1.82) is 0 Å². The lowest BCUT2D eigenvalue weighted by Gasteiger charge is -2.34. The van der Waals surface area contributed by atoms with E-state index in [1.165, 1.54) is 0 Å². The van der Waals surface area contributed by atoms with Crippen molar-refractivity contribution in [3.8, 4) is 0 Å². The van der Waals surface area contributed by atoms with Gasteiger partial charge in [0.15, 0.2) is 0 Å². The Kier molecular flexibility index (Phi) is 5.45. The molecule has 1 fully saturated rings. The van der Waals surface area contributed by atoms with Gasteiger partial charge in [-0.15, -0.1) is 0 Å². The van der Waals surface area contributed by atoms with Gasteiger partial charge in [0.05, 0.1) is 4.90 Å². The summed E-state index contributed by atoms with van der Waals surface area (Å²) in [7, 11) is -3.40. The highest BCUT2D eigenvalue weighted by Gasteiger charge is 2.33. The summed E-state index contributed by atoms with van der Waals surface area (Å²) in [6.45, 7) is 0.626. The van der Waals surface area contributed by atoms with Gasteiger partial charge in [0.2, 0.25) is 10.0 Å². The van der Waals surface area contributed by atoms with Gasteiger partial charge in [0.25, 0.3) is 0 Å². The predicted molar refractivity (Wildman–Crippen MR) is 84.1 cm³/mol. The lowest BCUT2D eigenvalue weighted by molar-refractivity contribution is 0.248. The second kappa shape index (κ2) is 6.70. The van der Waals surface area contributed by atoms with E-state index in [4.69, 9.17) is 0 Å². The van der Waals surface area contributed by atoms with Crippen molar-refractivity contribution in [2.45, 2.75) is 36.6 Å². The maximum atomic E-state index is 12.8. The largest absolute Gasteiger partial charge is 0.244 e. The quantitative estimate of drug-likeness (QED) is 0.708. The van der Waals surface area contributed by atoms with Crippen LogP contribution in [-0.4, -0.2) is 30.6 Å². The van der Waals surface area contributed by atoms with E-state index in [0.717, 1.165) is 31.0 Å². The SMILES string of the molecule is O=S(=O)(c1ccccc1Br)N1CCCCC1CCBr. The van der Waals surface area contributed by atoms with E-state index >= 15 is 0 Å².